The highest BCUT2D eigenvalue weighted by atomic mass is 32.2. The topological polar surface area (TPSA) is 98.6 Å². The number of anilines is 1. The Hall–Kier alpha value is -2.29. The van der Waals surface area contributed by atoms with Crippen LogP contribution in [0.3, 0.4) is 0 Å². The number of hydrogen-bond acceptors (Lipinski definition) is 7. The van der Waals surface area contributed by atoms with E-state index in [4.69, 9.17) is 10.5 Å². The second-order valence-electron chi connectivity index (χ2n) is 9.84. The van der Waals surface area contributed by atoms with Gasteiger partial charge in [-0.15, -0.1) is 11.8 Å². The summed E-state index contributed by atoms with van der Waals surface area (Å²) in [6.07, 6.45) is 9.91. The van der Waals surface area contributed by atoms with Crippen LogP contribution in [0.25, 0.3) is 11.0 Å². The standard InChI is InChI=1S/C23H34N6O2S/c1-23(2,3)31-22(30)28-9-8-15(11-28)14-6-7-16(10-14)29-12-17(21(25-4)32-5)18-19(24)26-13-27-20(18)29/h12-16H,6-11H2,1-5H3,(H2,24,26,27)/b25-21-. The molecule has 1 amide bonds. The number of hydrogen-bond donors (Lipinski definition) is 1. The summed E-state index contributed by atoms with van der Waals surface area (Å²) < 4.78 is 7.85. The summed E-state index contributed by atoms with van der Waals surface area (Å²) >= 11 is 1.61. The normalized spacial score (nSPS) is 24.5. The molecule has 1 aliphatic heterocycles. The number of amides is 1. The molecule has 0 radical (unpaired) electrons. The van der Waals surface area contributed by atoms with Gasteiger partial charge in [-0.1, -0.05) is 0 Å². The maximum atomic E-state index is 12.5. The van der Waals surface area contributed by atoms with Gasteiger partial charge in [0.05, 0.1) is 10.4 Å². The number of ether oxygens (including phenoxy) is 1. The van der Waals surface area contributed by atoms with Crippen LogP contribution < -0.4 is 5.73 Å². The predicted octanol–water partition coefficient (Wildman–Crippen LogP) is 4.35. The van der Waals surface area contributed by atoms with Crippen LogP contribution in [-0.4, -0.2) is 62.6 Å². The minimum absolute atomic E-state index is 0.189. The zero-order chi connectivity index (χ0) is 23.0. The predicted molar refractivity (Wildman–Crippen MR) is 130 cm³/mol. The van der Waals surface area contributed by atoms with Crippen LogP contribution in [0.2, 0.25) is 0 Å². The molecule has 4 rings (SSSR count). The Morgan fingerprint density at radius 3 is 2.72 bits per heavy atom. The largest absolute Gasteiger partial charge is 0.444 e. The molecule has 2 aromatic heterocycles. The van der Waals surface area contributed by atoms with E-state index in [1.165, 1.54) is 0 Å². The van der Waals surface area contributed by atoms with E-state index in [0.29, 0.717) is 23.7 Å². The van der Waals surface area contributed by atoms with E-state index in [-0.39, 0.29) is 6.09 Å². The summed E-state index contributed by atoms with van der Waals surface area (Å²) in [7, 11) is 1.80. The number of thioether (sulfide) groups is 1. The van der Waals surface area contributed by atoms with Crippen molar-refractivity contribution in [1.82, 2.24) is 19.4 Å². The Labute approximate surface area is 194 Å². The van der Waals surface area contributed by atoms with Gasteiger partial charge in [0.25, 0.3) is 0 Å². The van der Waals surface area contributed by atoms with Crippen molar-refractivity contribution < 1.29 is 9.53 Å². The van der Waals surface area contributed by atoms with Gasteiger partial charge in [-0.3, -0.25) is 4.99 Å². The van der Waals surface area contributed by atoms with E-state index < -0.39 is 5.60 Å². The van der Waals surface area contributed by atoms with E-state index in [1.54, 1.807) is 25.1 Å². The highest BCUT2D eigenvalue weighted by Crippen LogP contribution is 2.44. The number of nitrogen functional groups attached to an aromatic ring is 1. The van der Waals surface area contributed by atoms with Crippen molar-refractivity contribution in [1.29, 1.82) is 0 Å². The van der Waals surface area contributed by atoms with Gasteiger partial charge >= 0.3 is 6.09 Å². The van der Waals surface area contributed by atoms with Gasteiger partial charge in [0.15, 0.2) is 0 Å². The second kappa shape index (κ2) is 8.92. The Balaban J connectivity index is 1.51. The number of aliphatic imine (C=N–C) groups is 1. The number of fused-ring (bicyclic) bond motifs is 1. The van der Waals surface area contributed by atoms with Crippen molar-refractivity contribution >= 4 is 39.8 Å². The third-order valence-corrected chi connectivity index (χ3v) is 7.44. The summed E-state index contributed by atoms with van der Waals surface area (Å²) in [5.41, 5.74) is 7.69. The molecule has 3 atom stereocenters. The summed E-state index contributed by atoms with van der Waals surface area (Å²) in [5.74, 6) is 1.61. The lowest BCUT2D eigenvalue weighted by molar-refractivity contribution is 0.0283. The molecule has 0 spiro atoms. The first-order chi connectivity index (χ1) is 15.2. The molecule has 2 N–H and O–H groups in total. The number of carbonyl (C=O) groups excluding carboxylic acids is 1. The molecule has 0 bridgehead atoms. The monoisotopic (exact) mass is 458 g/mol. The van der Waals surface area contributed by atoms with Gasteiger partial charge < -0.3 is 19.9 Å². The lowest BCUT2D eigenvalue weighted by atomic mass is 9.90. The zero-order valence-electron chi connectivity index (χ0n) is 19.7. The first-order valence-corrected chi connectivity index (χ1v) is 12.5. The van der Waals surface area contributed by atoms with Gasteiger partial charge in [0.2, 0.25) is 0 Å². The Kier molecular flexibility index (Phi) is 6.38. The molecule has 2 aromatic rings. The smallest absolute Gasteiger partial charge is 0.410 e. The average Bonchev–Trinajstić information content (AvgIpc) is 3.46. The highest BCUT2D eigenvalue weighted by Gasteiger charge is 2.38. The van der Waals surface area contributed by atoms with Crippen molar-refractivity contribution in [2.45, 2.75) is 58.1 Å². The van der Waals surface area contributed by atoms with Gasteiger partial charge in [-0.2, -0.15) is 0 Å². The molecule has 3 unspecified atom stereocenters. The molecular formula is C23H34N6O2S. The van der Waals surface area contributed by atoms with E-state index in [0.717, 1.165) is 60.4 Å². The van der Waals surface area contributed by atoms with Crippen molar-refractivity contribution in [2.24, 2.45) is 16.8 Å². The van der Waals surface area contributed by atoms with Gasteiger partial charge in [0.1, 0.15) is 23.4 Å². The molecule has 9 heteroatoms. The fourth-order valence-corrected chi connectivity index (χ4v) is 5.76. The molecule has 2 aliphatic rings. The second-order valence-corrected chi connectivity index (χ2v) is 10.6. The van der Waals surface area contributed by atoms with Crippen molar-refractivity contribution in [3.05, 3.63) is 18.1 Å². The summed E-state index contributed by atoms with van der Waals surface area (Å²) in [6.45, 7) is 7.32. The fourth-order valence-electron chi connectivity index (χ4n) is 5.21. The highest BCUT2D eigenvalue weighted by molar-refractivity contribution is 8.13. The molecule has 2 fully saturated rings. The first-order valence-electron chi connectivity index (χ1n) is 11.3. The molecule has 8 nitrogen and oxygen atoms in total. The average molecular weight is 459 g/mol. The van der Waals surface area contributed by atoms with Crippen LogP contribution >= 0.6 is 11.8 Å². The van der Waals surface area contributed by atoms with Crippen molar-refractivity contribution in [2.75, 3.05) is 32.1 Å². The summed E-state index contributed by atoms with van der Waals surface area (Å²) in [6, 6.07) is 0.362. The van der Waals surface area contributed by atoms with E-state index in [2.05, 4.69) is 25.7 Å². The molecule has 0 aromatic carbocycles. The SMILES string of the molecule is C/N=C(\SC)c1cn(C2CCC(C3CCN(C(=O)OC(C)(C)C)C3)C2)c2ncnc(N)c12. The molecule has 1 aliphatic carbocycles. The molecular weight excluding hydrogens is 424 g/mol. The number of rotatable bonds is 3. The number of aromatic nitrogens is 3. The van der Waals surface area contributed by atoms with Crippen LogP contribution in [0, 0.1) is 11.8 Å². The minimum Gasteiger partial charge on any atom is -0.444 e. The summed E-state index contributed by atoms with van der Waals surface area (Å²) in [5, 5.41) is 1.83. The molecule has 32 heavy (non-hydrogen) atoms. The third-order valence-electron chi connectivity index (χ3n) is 6.65. The Morgan fingerprint density at radius 2 is 2.03 bits per heavy atom. The maximum Gasteiger partial charge on any atom is 0.410 e. The molecule has 1 saturated carbocycles. The van der Waals surface area contributed by atoms with Crippen molar-refractivity contribution in [3.8, 4) is 0 Å². The van der Waals surface area contributed by atoms with Gasteiger partial charge in [0, 0.05) is 37.9 Å². The number of likely N-dealkylation sites (tertiary alicyclic amines) is 1. The molecule has 174 valence electrons. The van der Waals surface area contributed by atoms with Gasteiger partial charge in [-0.25, -0.2) is 14.8 Å². The van der Waals surface area contributed by atoms with Gasteiger partial charge in [-0.05, 0) is 64.5 Å². The van der Waals surface area contributed by atoms with Crippen LogP contribution in [-0.2, 0) is 4.74 Å². The number of carbonyl (C=O) groups is 1. The number of nitrogens with zero attached hydrogens (tertiary/aromatic N) is 5. The van der Waals surface area contributed by atoms with Crippen LogP contribution in [0.4, 0.5) is 10.6 Å². The first kappa shape index (κ1) is 22.9. The fraction of sp³-hybridized carbons (Fsp3) is 0.652. The Morgan fingerprint density at radius 1 is 1.25 bits per heavy atom. The quantitative estimate of drug-likeness (QED) is 0.542. The summed E-state index contributed by atoms with van der Waals surface area (Å²) in [4.78, 5) is 27.6. The van der Waals surface area contributed by atoms with Crippen LogP contribution in [0.1, 0.15) is 58.1 Å². The lowest BCUT2D eigenvalue weighted by Gasteiger charge is -2.25. The van der Waals surface area contributed by atoms with E-state index in [9.17, 15) is 4.79 Å². The third kappa shape index (κ3) is 4.44. The lowest BCUT2D eigenvalue weighted by Crippen LogP contribution is -2.35. The van der Waals surface area contributed by atoms with E-state index >= 15 is 0 Å². The zero-order valence-corrected chi connectivity index (χ0v) is 20.5. The minimum atomic E-state index is -0.456. The van der Waals surface area contributed by atoms with Crippen LogP contribution in [0.15, 0.2) is 17.5 Å². The van der Waals surface area contributed by atoms with E-state index in [1.807, 2.05) is 31.9 Å². The maximum absolute atomic E-state index is 12.5. The van der Waals surface area contributed by atoms with Crippen LogP contribution in [0.5, 0.6) is 0 Å². The molecule has 1 saturated heterocycles. The van der Waals surface area contributed by atoms with Crippen molar-refractivity contribution in [3.63, 3.8) is 0 Å². The number of nitrogens with two attached hydrogens (primary N) is 1. The Bertz CT molecular complexity index is 1030. The molecule has 3 heterocycles.